The zero-order chi connectivity index (χ0) is 27.9. The van der Waals surface area contributed by atoms with Gasteiger partial charge < -0.3 is 20.7 Å². The van der Waals surface area contributed by atoms with Gasteiger partial charge in [0, 0.05) is 38.8 Å². The predicted octanol–water partition coefficient (Wildman–Crippen LogP) is 2.96. The van der Waals surface area contributed by atoms with Crippen LogP contribution in [-0.4, -0.2) is 60.6 Å². The topological polar surface area (TPSA) is 144 Å². The monoisotopic (exact) mass is 550 g/mol. The number of carbonyl (C=O) groups excluding carboxylic acids is 5. The van der Waals surface area contributed by atoms with E-state index in [0.29, 0.717) is 24.2 Å². The lowest BCUT2D eigenvalue weighted by atomic mass is 9.98. The highest BCUT2D eigenvalue weighted by Crippen LogP contribution is 2.32. The van der Waals surface area contributed by atoms with Gasteiger partial charge in [0.25, 0.3) is 0 Å². The van der Waals surface area contributed by atoms with Gasteiger partial charge in [-0.25, -0.2) is 4.98 Å². The van der Waals surface area contributed by atoms with Crippen LogP contribution in [0.1, 0.15) is 43.5 Å². The van der Waals surface area contributed by atoms with Gasteiger partial charge in [0.05, 0.1) is 16.8 Å². The Morgan fingerprint density at radius 1 is 1.05 bits per heavy atom. The SMILES string of the molecule is COCCCC(=O)C(=O)C(C(=O)NCC(=O)NC1CC1)c1nc2cc(-c3ccc(NC(C)=O)cc3)ccc2s1. The molecule has 2 aromatic carbocycles. The summed E-state index contributed by atoms with van der Waals surface area (Å²) >= 11 is 1.16. The molecule has 0 saturated heterocycles. The van der Waals surface area contributed by atoms with Gasteiger partial charge in [-0.05, 0) is 54.7 Å². The van der Waals surface area contributed by atoms with Crippen molar-refractivity contribution in [2.75, 3.05) is 25.6 Å². The first kappa shape index (κ1) is 28.1. The number of nitrogens with zero attached hydrogens (tertiary/aromatic N) is 1. The Labute approximate surface area is 229 Å². The third-order valence-corrected chi connectivity index (χ3v) is 7.21. The highest BCUT2D eigenvalue weighted by atomic mass is 32.1. The fourth-order valence-corrected chi connectivity index (χ4v) is 5.02. The molecule has 1 heterocycles. The first-order valence-corrected chi connectivity index (χ1v) is 13.5. The van der Waals surface area contributed by atoms with Gasteiger partial charge in [0.15, 0.2) is 11.7 Å². The van der Waals surface area contributed by atoms with Crippen LogP contribution in [0.4, 0.5) is 5.69 Å². The summed E-state index contributed by atoms with van der Waals surface area (Å²) in [5, 5.41) is 8.20. The second kappa shape index (κ2) is 12.7. The van der Waals surface area contributed by atoms with E-state index in [9.17, 15) is 24.0 Å². The molecule has 3 aromatic rings. The number of hydrogen-bond donors (Lipinski definition) is 3. The minimum Gasteiger partial charge on any atom is -0.385 e. The van der Waals surface area contributed by atoms with Crippen LogP contribution in [0, 0.1) is 0 Å². The van der Waals surface area contributed by atoms with Gasteiger partial charge in [-0.3, -0.25) is 24.0 Å². The molecule has 39 heavy (non-hydrogen) atoms. The number of nitrogens with one attached hydrogen (secondary N) is 3. The molecule has 1 aliphatic carbocycles. The van der Waals surface area contributed by atoms with E-state index in [1.807, 2.05) is 30.3 Å². The van der Waals surface area contributed by atoms with Crippen LogP contribution in [0.3, 0.4) is 0 Å². The number of rotatable bonds is 13. The number of ether oxygens (including phenoxy) is 1. The normalized spacial score (nSPS) is 13.5. The number of carbonyl (C=O) groups is 5. The van der Waals surface area contributed by atoms with E-state index >= 15 is 0 Å². The highest BCUT2D eigenvalue weighted by molar-refractivity contribution is 7.19. The molecule has 10 nitrogen and oxygen atoms in total. The molecule has 0 spiro atoms. The summed E-state index contributed by atoms with van der Waals surface area (Å²) in [5.74, 6) is -4.24. The van der Waals surface area contributed by atoms with Crippen molar-refractivity contribution in [3.8, 4) is 11.1 Å². The average Bonchev–Trinajstić information content (AvgIpc) is 3.62. The summed E-state index contributed by atoms with van der Waals surface area (Å²) in [6.45, 7) is 1.46. The summed E-state index contributed by atoms with van der Waals surface area (Å²) in [5.41, 5.74) is 2.99. The summed E-state index contributed by atoms with van der Waals surface area (Å²) in [6, 6.07) is 13.0. The van der Waals surface area contributed by atoms with Crippen LogP contribution in [-0.2, 0) is 28.7 Å². The predicted molar refractivity (Wildman–Crippen MR) is 147 cm³/mol. The van der Waals surface area contributed by atoms with E-state index in [4.69, 9.17) is 4.74 Å². The Kier molecular flexibility index (Phi) is 9.15. The molecular weight excluding hydrogens is 520 g/mol. The number of methoxy groups -OCH3 is 1. The van der Waals surface area contributed by atoms with Crippen LogP contribution < -0.4 is 16.0 Å². The largest absolute Gasteiger partial charge is 0.385 e. The molecular formula is C28H30N4O6S. The lowest BCUT2D eigenvalue weighted by Crippen LogP contribution is -2.42. The van der Waals surface area contributed by atoms with Crippen molar-refractivity contribution >= 4 is 56.5 Å². The van der Waals surface area contributed by atoms with Crippen molar-refractivity contribution in [2.45, 2.75) is 44.6 Å². The van der Waals surface area contributed by atoms with Gasteiger partial charge in [0.2, 0.25) is 23.5 Å². The number of thiazole rings is 1. The quantitative estimate of drug-likeness (QED) is 0.169. The summed E-state index contributed by atoms with van der Waals surface area (Å²) < 4.78 is 5.70. The Hall–Kier alpha value is -3.96. The van der Waals surface area contributed by atoms with Gasteiger partial charge in [-0.15, -0.1) is 11.3 Å². The molecule has 3 N–H and O–H groups in total. The van der Waals surface area contributed by atoms with E-state index < -0.39 is 23.4 Å². The molecule has 11 heteroatoms. The molecule has 1 unspecified atom stereocenters. The average molecular weight is 551 g/mol. The molecule has 0 radical (unpaired) electrons. The zero-order valence-corrected chi connectivity index (χ0v) is 22.6. The first-order valence-electron chi connectivity index (χ1n) is 12.7. The van der Waals surface area contributed by atoms with Gasteiger partial charge >= 0.3 is 0 Å². The third kappa shape index (κ3) is 7.55. The minimum absolute atomic E-state index is 0.0534. The van der Waals surface area contributed by atoms with Crippen LogP contribution in [0.2, 0.25) is 0 Å². The first-order chi connectivity index (χ1) is 18.7. The number of Topliss-reactive ketones (excluding diaryl/α,β-unsaturated/α-hetero) is 2. The lowest BCUT2D eigenvalue weighted by molar-refractivity contribution is -0.141. The third-order valence-electron chi connectivity index (χ3n) is 6.11. The standard InChI is InChI=1S/C28H30N4O6S/c1-16(33)30-19-8-5-17(6-9-19)18-7-12-23-21(14-18)32-28(39-23)25(26(36)22(34)4-3-13-38-2)27(37)29-15-24(35)31-20-10-11-20/h5-9,12,14,20,25H,3-4,10-11,13,15H2,1-2H3,(H,29,37)(H,30,33)(H,31,35). The van der Waals surface area contributed by atoms with E-state index in [2.05, 4.69) is 20.9 Å². The Bertz CT molecular complexity index is 1400. The van der Waals surface area contributed by atoms with E-state index in [-0.39, 0.29) is 35.8 Å². The van der Waals surface area contributed by atoms with Crippen LogP contribution in [0.25, 0.3) is 21.3 Å². The number of anilines is 1. The number of fused-ring (bicyclic) bond motifs is 1. The Morgan fingerprint density at radius 2 is 1.77 bits per heavy atom. The van der Waals surface area contributed by atoms with Crippen molar-refractivity contribution in [3.63, 3.8) is 0 Å². The maximum Gasteiger partial charge on any atom is 0.239 e. The summed E-state index contributed by atoms with van der Waals surface area (Å²) in [7, 11) is 1.50. The number of benzene rings is 2. The molecule has 1 aliphatic rings. The molecule has 204 valence electrons. The molecule has 4 rings (SSSR count). The van der Waals surface area contributed by atoms with Crippen molar-refractivity contribution in [2.24, 2.45) is 0 Å². The van der Waals surface area contributed by atoms with E-state index in [1.54, 1.807) is 12.1 Å². The number of aromatic nitrogens is 1. The summed E-state index contributed by atoms with van der Waals surface area (Å²) in [4.78, 5) is 66.9. The molecule has 0 bridgehead atoms. The van der Waals surface area contributed by atoms with E-state index in [1.165, 1.54) is 14.0 Å². The van der Waals surface area contributed by atoms with E-state index in [0.717, 1.165) is 40.0 Å². The van der Waals surface area contributed by atoms with Crippen molar-refractivity contribution in [1.82, 2.24) is 15.6 Å². The van der Waals surface area contributed by atoms with Crippen LogP contribution >= 0.6 is 11.3 Å². The Balaban J connectivity index is 1.57. The molecule has 1 aromatic heterocycles. The van der Waals surface area contributed by atoms with Crippen molar-refractivity contribution in [3.05, 3.63) is 47.5 Å². The second-order valence-corrected chi connectivity index (χ2v) is 10.4. The number of amides is 3. The molecule has 1 atom stereocenters. The second-order valence-electron chi connectivity index (χ2n) is 9.37. The smallest absolute Gasteiger partial charge is 0.239 e. The number of ketones is 2. The van der Waals surface area contributed by atoms with Crippen molar-refractivity contribution < 1.29 is 28.7 Å². The fourth-order valence-electron chi connectivity index (χ4n) is 3.98. The Morgan fingerprint density at radius 3 is 2.44 bits per heavy atom. The molecule has 3 amide bonds. The van der Waals surface area contributed by atoms with Crippen molar-refractivity contribution in [1.29, 1.82) is 0 Å². The molecule has 1 saturated carbocycles. The van der Waals surface area contributed by atoms with Gasteiger partial charge in [0.1, 0.15) is 5.01 Å². The van der Waals surface area contributed by atoms with Gasteiger partial charge in [-0.2, -0.15) is 0 Å². The zero-order valence-electron chi connectivity index (χ0n) is 21.7. The van der Waals surface area contributed by atoms with Crippen LogP contribution in [0.5, 0.6) is 0 Å². The lowest BCUT2D eigenvalue weighted by Gasteiger charge is -2.13. The number of hydrogen-bond acceptors (Lipinski definition) is 8. The highest BCUT2D eigenvalue weighted by Gasteiger charge is 2.36. The molecule has 1 fully saturated rings. The fraction of sp³-hybridized carbons (Fsp3) is 0.357. The van der Waals surface area contributed by atoms with Crippen LogP contribution in [0.15, 0.2) is 42.5 Å². The minimum atomic E-state index is -1.45. The summed E-state index contributed by atoms with van der Waals surface area (Å²) in [6.07, 6.45) is 2.11. The maximum atomic E-state index is 13.2. The maximum absolute atomic E-state index is 13.2. The molecule has 0 aliphatic heterocycles. The van der Waals surface area contributed by atoms with Gasteiger partial charge in [-0.1, -0.05) is 18.2 Å².